The predicted octanol–water partition coefficient (Wildman–Crippen LogP) is 2.45. The van der Waals surface area contributed by atoms with E-state index in [0.717, 1.165) is 23.2 Å². The van der Waals surface area contributed by atoms with Crippen LogP contribution in [0, 0.1) is 5.92 Å². The second-order valence-corrected chi connectivity index (χ2v) is 6.68. The highest BCUT2D eigenvalue weighted by Gasteiger charge is 2.45. The third kappa shape index (κ3) is 3.14. The van der Waals surface area contributed by atoms with Crippen LogP contribution in [0.2, 0.25) is 5.15 Å². The molecule has 7 heteroatoms. The van der Waals surface area contributed by atoms with Gasteiger partial charge in [0.25, 0.3) is 0 Å². The second-order valence-electron chi connectivity index (χ2n) is 6.32. The summed E-state index contributed by atoms with van der Waals surface area (Å²) in [5, 5.41) is 7.52. The maximum atomic E-state index is 12.9. The lowest BCUT2D eigenvalue weighted by Gasteiger charge is -2.17. The van der Waals surface area contributed by atoms with Crippen molar-refractivity contribution >= 4 is 29.1 Å². The van der Waals surface area contributed by atoms with Crippen LogP contribution in [0.3, 0.4) is 0 Å². The van der Waals surface area contributed by atoms with Gasteiger partial charge in [0, 0.05) is 37.8 Å². The summed E-state index contributed by atoms with van der Waals surface area (Å²) in [5.74, 6) is -1.62. The molecule has 1 N–H and O–H groups in total. The van der Waals surface area contributed by atoms with Gasteiger partial charge in [0.15, 0.2) is 0 Å². The molecule has 0 saturated carbocycles. The zero-order valence-corrected chi connectivity index (χ0v) is 15.2. The van der Waals surface area contributed by atoms with Crippen molar-refractivity contribution in [2.75, 3.05) is 18.9 Å². The molecule has 2 heterocycles. The molecule has 132 valence electrons. The van der Waals surface area contributed by atoms with Gasteiger partial charge in [-0.3, -0.25) is 14.3 Å². The molecule has 0 unspecified atom stereocenters. The smallest absolute Gasteiger partial charge is 0.237 e. The lowest BCUT2D eigenvalue weighted by molar-refractivity contribution is -0.135. The van der Waals surface area contributed by atoms with Crippen LogP contribution >= 0.6 is 11.6 Å². The first-order chi connectivity index (χ1) is 11.9. The summed E-state index contributed by atoms with van der Waals surface area (Å²) in [6.07, 6.45) is 2.44. The molecule has 25 heavy (non-hydrogen) atoms. The number of carbonyl (C=O) groups is 2. The molecule has 0 radical (unpaired) electrons. The molecule has 1 fully saturated rings. The molecular formula is C18H21ClN4O2. The molecule has 1 aromatic heterocycles. The first kappa shape index (κ1) is 17.5. The number of rotatable bonds is 4. The predicted molar refractivity (Wildman–Crippen MR) is 96.5 cm³/mol. The Balaban J connectivity index is 1.90. The average Bonchev–Trinajstić information content (AvgIpc) is 3.08. The molecule has 3 rings (SSSR count). The Kier molecular flexibility index (Phi) is 4.81. The van der Waals surface area contributed by atoms with Crippen molar-refractivity contribution in [2.45, 2.75) is 19.3 Å². The number of likely N-dealkylation sites (N-methyl/N-ethyl adjacent to an activating group) is 1. The quantitative estimate of drug-likeness (QED) is 0.851. The van der Waals surface area contributed by atoms with Crippen LogP contribution in [0.5, 0.6) is 0 Å². The zero-order chi connectivity index (χ0) is 18.1. The number of anilines is 1. The van der Waals surface area contributed by atoms with E-state index >= 15 is 0 Å². The van der Waals surface area contributed by atoms with Crippen molar-refractivity contribution in [1.82, 2.24) is 14.7 Å². The average molecular weight is 361 g/mol. The van der Waals surface area contributed by atoms with Crippen LogP contribution in [-0.2, 0) is 23.1 Å². The van der Waals surface area contributed by atoms with Crippen LogP contribution in [-0.4, -0.2) is 40.1 Å². The number of nitrogens with one attached hydrogen (secondary N) is 1. The van der Waals surface area contributed by atoms with Gasteiger partial charge in [-0.1, -0.05) is 36.7 Å². The number of benzene rings is 1. The SMILES string of the molecule is CCc1ccccc1NC(=O)[C@H]1C(=O)N(C)C[C@@H]1c1cnn(C)c1Cl. The van der Waals surface area contributed by atoms with Gasteiger partial charge in [-0.2, -0.15) is 5.10 Å². The van der Waals surface area contributed by atoms with Gasteiger partial charge >= 0.3 is 0 Å². The number of aromatic nitrogens is 2. The number of para-hydroxylation sites is 1. The molecule has 1 saturated heterocycles. The zero-order valence-electron chi connectivity index (χ0n) is 14.5. The van der Waals surface area contributed by atoms with Gasteiger partial charge in [-0.25, -0.2) is 0 Å². The lowest BCUT2D eigenvalue weighted by atomic mass is 9.89. The van der Waals surface area contributed by atoms with Crippen molar-refractivity contribution in [1.29, 1.82) is 0 Å². The minimum atomic E-state index is -0.809. The van der Waals surface area contributed by atoms with E-state index in [4.69, 9.17) is 11.6 Å². The maximum absolute atomic E-state index is 12.9. The molecule has 2 amide bonds. The summed E-state index contributed by atoms with van der Waals surface area (Å²) in [5.41, 5.74) is 2.50. The van der Waals surface area contributed by atoms with Crippen LogP contribution in [0.1, 0.15) is 24.0 Å². The van der Waals surface area contributed by atoms with E-state index in [-0.39, 0.29) is 17.7 Å². The summed E-state index contributed by atoms with van der Waals surface area (Å²) in [6, 6.07) is 7.62. The topological polar surface area (TPSA) is 67.2 Å². The number of carbonyl (C=O) groups excluding carboxylic acids is 2. The van der Waals surface area contributed by atoms with Crippen LogP contribution < -0.4 is 5.32 Å². The Bertz CT molecular complexity index is 817. The number of likely N-dealkylation sites (tertiary alicyclic amines) is 1. The van der Waals surface area contributed by atoms with Gasteiger partial charge in [-0.05, 0) is 18.1 Å². The number of hydrogen-bond donors (Lipinski definition) is 1. The van der Waals surface area contributed by atoms with Crippen LogP contribution in [0.15, 0.2) is 30.5 Å². The Morgan fingerprint density at radius 2 is 2.08 bits per heavy atom. The first-order valence-electron chi connectivity index (χ1n) is 8.25. The number of amides is 2. The van der Waals surface area contributed by atoms with Gasteiger partial charge in [0.05, 0.1) is 6.20 Å². The summed E-state index contributed by atoms with van der Waals surface area (Å²) in [4.78, 5) is 27.1. The summed E-state index contributed by atoms with van der Waals surface area (Å²) < 4.78 is 1.54. The van der Waals surface area contributed by atoms with Crippen LogP contribution in [0.4, 0.5) is 5.69 Å². The third-order valence-corrected chi connectivity index (χ3v) is 5.21. The molecule has 0 aliphatic carbocycles. The molecule has 0 spiro atoms. The molecule has 1 aromatic carbocycles. The Labute approximate surface area is 151 Å². The fourth-order valence-corrected chi connectivity index (χ4v) is 3.55. The summed E-state index contributed by atoms with van der Waals surface area (Å²) in [7, 11) is 3.44. The van der Waals surface area contributed by atoms with E-state index in [0.29, 0.717) is 11.7 Å². The normalized spacial score (nSPS) is 20.2. The Morgan fingerprint density at radius 3 is 2.72 bits per heavy atom. The fraction of sp³-hybridized carbons (Fsp3) is 0.389. The fourth-order valence-electron chi connectivity index (χ4n) is 3.32. The summed E-state index contributed by atoms with van der Waals surface area (Å²) >= 11 is 6.30. The largest absolute Gasteiger partial charge is 0.344 e. The molecule has 0 bridgehead atoms. The number of halogens is 1. The number of nitrogens with zero attached hydrogens (tertiary/aromatic N) is 3. The molecule has 6 nitrogen and oxygen atoms in total. The highest BCUT2D eigenvalue weighted by Crippen LogP contribution is 2.37. The highest BCUT2D eigenvalue weighted by molar-refractivity contribution is 6.30. The highest BCUT2D eigenvalue weighted by atomic mass is 35.5. The molecule has 2 aromatic rings. The Morgan fingerprint density at radius 1 is 1.36 bits per heavy atom. The molecule has 1 aliphatic rings. The van der Waals surface area contributed by atoms with Crippen molar-refractivity contribution in [2.24, 2.45) is 13.0 Å². The van der Waals surface area contributed by atoms with Crippen LogP contribution in [0.25, 0.3) is 0 Å². The molecule has 2 atom stereocenters. The first-order valence-corrected chi connectivity index (χ1v) is 8.63. The van der Waals surface area contributed by atoms with E-state index < -0.39 is 5.92 Å². The van der Waals surface area contributed by atoms with Crippen molar-refractivity contribution in [3.63, 3.8) is 0 Å². The lowest BCUT2D eigenvalue weighted by Crippen LogP contribution is -2.33. The van der Waals surface area contributed by atoms with Gasteiger partial charge < -0.3 is 10.2 Å². The standard InChI is InChI=1S/C18H21ClN4O2/c1-4-11-7-5-6-8-14(11)21-17(24)15-13(10-22(2)18(15)25)12-9-20-23(3)16(12)19/h5-9,13,15H,4,10H2,1-3H3,(H,21,24)/t13-,15+/m1/s1. The summed E-state index contributed by atoms with van der Waals surface area (Å²) in [6.45, 7) is 2.47. The molecule has 1 aliphatic heterocycles. The Hall–Kier alpha value is -2.34. The third-order valence-electron chi connectivity index (χ3n) is 4.75. The van der Waals surface area contributed by atoms with E-state index in [1.54, 1.807) is 29.9 Å². The number of hydrogen-bond acceptors (Lipinski definition) is 3. The van der Waals surface area contributed by atoms with Crippen molar-refractivity contribution in [3.8, 4) is 0 Å². The van der Waals surface area contributed by atoms with E-state index in [9.17, 15) is 9.59 Å². The molecular weight excluding hydrogens is 340 g/mol. The van der Waals surface area contributed by atoms with Gasteiger partial charge in [0.2, 0.25) is 11.8 Å². The van der Waals surface area contributed by atoms with Gasteiger partial charge in [0.1, 0.15) is 11.1 Å². The van der Waals surface area contributed by atoms with Gasteiger partial charge in [-0.15, -0.1) is 0 Å². The van der Waals surface area contributed by atoms with Crippen molar-refractivity contribution in [3.05, 3.63) is 46.7 Å². The van der Waals surface area contributed by atoms with E-state index in [1.807, 2.05) is 31.2 Å². The van der Waals surface area contributed by atoms with E-state index in [1.165, 1.54) is 0 Å². The minimum absolute atomic E-state index is 0.198. The second kappa shape index (κ2) is 6.88. The monoisotopic (exact) mass is 360 g/mol. The minimum Gasteiger partial charge on any atom is -0.344 e. The maximum Gasteiger partial charge on any atom is 0.237 e. The van der Waals surface area contributed by atoms with E-state index in [2.05, 4.69) is 10.4 Å². The van der Waals surface area contributed by atoms with Crippen molar-refractivity contribution < 1.29 is 9.59 Å². The number of aryl methyl sites for hydroxylation is 2.